The molecule has 2 aromatic rings. The van der Waals surface area contributed by atoms with Gasteiger partial charge in [0, 0.05) is 16.2 Å². The fraction of sp³-hybridized carbons (Fsp3) is 0. The number of benzene rings is 2. The molecule has 6 nitrogen and oxygen atoms in total. The SMILES string of the molecule is O=C(Nc1ccccc1C(=O)O)c1cccc(S(=O)(=O)Cl)c1. The summed E-state index contributed by atoms with van der Waals surface area (Å²) in [7, 11) is 1.27. The molecule has 0 heterocycles. The van der Waals surface area contributed by atoms with Gasteiger partial charge in [0.2, 0.25) is 0 Å². The van der Waals surface area contributed by atoms with Crippen LogP contribution in [-0.4, -0.2) is 25.4 Å². The molecule has 2 aromatic carbocycles. The molecule has 0 saturated heterocycles. The molecule has 8 heteroatoms. The van der Waals surface area contributed by atoms with Gasteiger partial charge in [0.15, 0.2) is 0 Å². The Kier molecular flexibility index (Phi) is 4.48. The number of carbonyl (C=O) groups is 2. The van der Waals surface area contributed by atoms with Gasteiger partial charge in [-0.2, -0.15) is 0 Å². The lowest BCUT2D eigenvalue weighted by atomic mass is 10.1. The van der Waals surface area contributed by atoms with Crippen molar-refractivity contribution in [1.82, 2.24) is 0 Å². The summed E-state index contributed by atoms with van der Waals surface area (Å²) < 4.78 is 22.5. The van der Waals surface area contributed by atoms with E-state index < -0.39 is 20.9 Å². The summed E-state index contributed by atoms with van der Waals surface area (Å²) in [4.78, 5) is 23.0. The van der Waals surface area contributed by atoms with Gasteiger partial charge in [-0.05, 0) is 30.3 Å². The van der Waals surface area contributed by atoms with Gasteiger partial charge in [-0.1, -0.05) is 18.2 Å². The highest BCUT2D eigenvalue weighted by molar-refractivity contribution is 8.13. The first kappa shape index (κ1) is 16.0. The number of hydrogen-bond donors (Lipinski definition) is 2. The molecule has 2 N–H and O–H groups in total. The van der Waals surface area contributed by atoms with Crippen molar-refractivity contribution in [2.75, 3.05) is 5.32 Å². The zero-order valence-electron chi connectivity index (χ0n) is 11.0. The van der Waals surface area contributed by atoms with E-state index >= 15 is 0 Å². The lowest BCUT2D eigenvalue weighted by molar-refractivity contribution is 0.0698. The Morgan fingerprint density at radius 3 is 2.36 bits per heavy atom. The van der Waals surface area contributed by atoms with Crippen molar-refractivity contribution in [3.8, 4) is 0 Å². The number of rotatable bonds is 4. The van der Waals surface area contributed by atoms with Crippen molar-refractivity contribution in [1.29, 1.82) is 0 Å². The average molecular weight is 340 g/mol. The zero-order chi connectivity index (χ0) is 16.3. The molecular weight excluding hydrogens is 330 g/mol. The summed E-state index contributed by atoms with van der Waals surface area (Å²) in [5.41, 5.74) is 0.0815. The highest BCUT2D eigenvalue weighted by Crippen LogP contribution is 2.19. The van der Waals surface area contributed by atoms with E-state index in [0.717, 1.165) is 6.07 Å². The van der Waals surface area contributed by atoms with Gasteiger partial charge >= 0.3 is 5.97 Å². The maximum atomic E-state index is 12.1. The average Bonchev–Trinajstić information content (AvgIpc) is 2.47. The molecular formula is C14H10ClNO5S. The van der Waals surface area contributed by atoms with Gasteiger partial charge in [0.25, 0.3) is 15.0 Å². The van der Waals surface area contributed by atoms with E-state index in [1.54, 1.807) is 6.07 Å². The van der Waals surface area contributed by atoms with E-state index in [9.17, 15) is 18.0 Å². The topological polar surface area (TPSA) is 101 Å². The predicted molar refractivity (Wildman–Crippen MR) is 80.8 cm³/mol. The van der Waals surface area contributed by atoms with Crippen LogP contribution in [0.2, 0.25) is 0 Å². The van der Waals surface area contributed by atoms with Gasteiger partial charge in [-0.25, -0.2) is 13.2 Å². The van der Waals surface area contributed by atoms with Crippen molar-refractivity contribution >= 4 is 37.3 Å². The van der Waals surface area contributed by atoms with Crippen molar-refractivity contribution in [3.63, 3.8) is 0 Å². The second-order valence-corrected chi connectivity index (χ2v) is 6.84. The largest absolute Gasteiger partial charge is 0.478 e. The van der Waals surface area contributed by atoms with E-state index in [0.29, 0.717) is 0 Å². The van der Waals surface area contributed by atoms with Gasteiger partial charge in [-0.15, -0.1) is 0 Å². The second kappa shape index (κ2) is 6.17. The highest BCUT2D eigenvalue weighted by atomic mass is 35.7. The highest BCUT2D eigenvalue weighted by Gasteiger charge is 2.16. The fourth-order valence-electron chi connectivity index (χ4n) is 1.76. The monoisotopic (exact) mass is 339 g/mol. The summed E-state index contributed by atoms with van der Waals surface area (Å²) in [6.45, 7) is 0. The first-order valence-corrected chi connectivity index (χ1v) is 8.28. The minimum absolute atomic E-state index is 0.0434. The van der Waals surface area contributed by atoms with Crippen LogP contribution in [-0.2, 0) is 9.05 Å². The van der Waals surface area contributed by atoms with Crippen LogP contribution in [0.15, 0.2) is 53.4 Å². The normalized spacial score (nSPS) is 11.0. The molecule has 0 spiro atoms. The Bertz CT molecular complexity index is 848. The Morgan fingerprint density at radius 2 is 1.73 bits per heavy atom. The quantitative estimate of drug-likeness (QED) is 0.834. The van der Waals surface area contributed by atoms with Crippen LogP contribution in [0.25, 0.3) is 0 Å². The lowest BCUT2D eigenvalue weighted by Gasteiger charge is -2.08. The molecule has 0 saturated carbocycles. The first-order chi connectivity index (χ1) is 10.3. The Morgan fingerprint density at radius 1 is 1.05 bits per heavy atom. The van der Waals surface area contributed by atoms with E-state index in [1.165, 1.54) is 36.4 Å². The molecule has 0 aromatic heterocycles. The Hall–Kier alpha value is -2.38. The third kappa shape index (κ3) is 3.63. The smallest absolute Gasteiger partial charge is 0.337 e. The number of aromatic carboxylic acids is 1. The maximum absolute atomic E-state index is 12.1. The van der Waals surface area contributed by atoms with Gasteiger partial charge in [0.1, 0.15) is 0 Å². The first-order valence-electron chi connectivity index (χ1n) is 5.97. The van der Waals surface area contributed by atoms with Crippen LogP contribution >= 0.6 is 10.7 Å². The van der Waals surface area contributed by atoms with E-state index in [4.69, 9.17) is 15.8 Å². The van der Waals surface area contributed by atoms with Crippen molar-refractivity contribution in [2.24, 2.45) is 0 Å². The number of carboxylic acid groups (broad SMARTS) is 1. The molecule has 0 fully saturated rings. The van der Waals surface area contributed by atoms with Crippen LogP contribution < -0.4 is 5.32 Å². The molecule has 0 aliphatic carbocycles. The number of amides is 1. The second-order valence-electron chi connectivity index (χ2n) is 4.27. The number of nitrogens with one attached hydrogen (secondary N) is 1. The number of para-hydroxylation sites is 1. The maximum Gasteiger partial charge on any atom is 0.337 e. The molecule has 0 atom stereocenters. The number of anilines is 1. The van der Waals surface area contributed by atoms with Crippen molar-refractivity contribution in [3.05, 3.63) is 59.7 Å². The number of carbonyl (C=O) groups excluding carboxylic acids is 1. The predicted octanol–water partition coefficient (Wildman–Crippen LogP) is 2.56. The van der Waals surface area contributed by atoms with Gasteiger partial charge in [-0.3, -0.25) is 4.79 Å². The van der Waals surface area contributed by atoms with Gasteiger partial charge < -0.3 is 10.4 Å². The number of hydrogen-bond acceptors (Lipinski definition) is 4. The third-order valence-corrected chi connectivity index (χ3v) is 4.13. The Labute approximate surface area is 130 Å². The summed E-state index contributed by atoms with van der Waals surface area (Å²) in [5, 5.41) is 11.5. The number of halogens is 1. The van der Waals surface area contributed by atoms with E-state index in [-0.39, 0.29) is 21.7 Å². The van der Waals surface area contributed by atoms with E-state index in [1.807, 2.05) is 0 Å². The minimum Gasteiger partial charge on any atom is -0.478 e. The molecule has 1 amide bonds. The van der Waals surface area contributed by atoms with Crippen LogP contribution in [0.5, 0.6) is 0 Å². The molecule has 0 bridgehead atoms. The molecule has 2 rings (SSSR count). The summed E-state index contributed by atoms with van der Waals surface area (Å²) in [6, 6.07) is 11.0. The van der Waals surface area contributed by atoms with Crippen LogP contribution in [0.4, 0.5) is 5.69 Å². The summed E-state index contributed by atoms with van der Waals surface area (Å²) >= 11 is 0. The van der Waals surface area contributed by atoms with Crippen molar-refractivity contribution in [2.45, 2.75) is 4.90 Å². The van der Waals surface area contributed by atoms with Crippen LogP contribution in [0.1, 0.15) is 20.7 Å². The number of carboxylic acids is 1. The Balaban J connectivity index is 2.33. The fourth-order valence-corrected chi connectivity index (χ4v) is 2.56. The third-order valence-electron chi connectivity index (χ3n) is 2.78. The summed E-state index contributed by atoms with van der Waals surface area (Å²) in [6.07, 6.45) is 0. The molecule has 0 aliphatic rings. The lowest BCUT2D eigenvalue weighted by Crippen LogP contribution is -2.15. The van der Waals surface area contributed by atoms with Crippen molar-refractivity contribution < 1.29 is 23.1 Å². The van der Waals surface area contributed by atoms with Gasteiger partial charge in [0.05, 0.1) is 16.1 Å². The standard InChI is InChI=1S/C14H10ClNO5S/c15-22(20,21)10-5-3-4-9(8-10)13(17)16-12-7-2-1-6-11(12)14(18)19/h1-8H,(H,16,17)(H,18,19). The molecule has 0 unspecified atom stereocenters. The minimum atomic E-state index is -3.96. The zero-order valence-corrected chi connectivity index (χ0v) is 12.6. The molecule has 22 heavy (non-hydrogen) atoms. The molecule has 0 aliphatic heterocycles. The molecule has 0 radical (unpaired) electrons. The van der Waals surface area contributed by atoms with Crippen LogP contribution in [0.3, 0.4) is 0 Å². The van der Waals surface area contributed by atoms with Crippen LogP contribution in [0, 0.1) is 0 Å². The van der Waals surface area contributed by atoms with E-state index in [2.05, 4.69) is 5.32 Å². The molecule has 114 valence electrons. The summed E-state index contributed by atoms with van der Waals surface area (Å²) in [5.74, 6) is -1.83.